The molecule has 3 atom stereocenters. The fourth-order valence-corrected chi connectivity index (χ4v) is 6.12. The smallest absolute Gasteiger partial charge is 0.217 e. The lowest BCUT2D eigenvalue weighted by molar-refractivity contribution is -0.143. The molecule has 0 aromatic carbocycles. The van der Waals surface area contributed by atoms with E-state index in [1.54, 1.807) is 12.3 Å². The molecule has 3 aliphatic rings. The number of Topliss-reactive ketones (excluding diaryl/α,β-unsaturated/α-hetero) is 2. The number of aromatic nitrogens is 3. The molecule has 8 heteroatoms. The van der Waals surface area contributed by atoms with Gasteiger partial charge < -0.3 is 10.5 Å². The maximum absolute atomic E-state index is 13.7. The van der Waals surface area contributed by atoms with E-state index in [2.05, 4.69) is 28.8 Å². The Hall–Kier alpha value is -3.13. The molecule has 0 unspecified atom stereocenters. The third-order valence-corrected chi connectivity index (χ3v) is 8.15. The second-order valence-corrected chi connectivity index (χ2v) is 10.4. The van der Waals surface area contributed by atoms with Gasteiger partial charge in [0, 0.05) is 30.3 Å². The lowest BCUT2D eigenvalue weighted by Crippen LogP contribution is -2.45. The third-order valence-electron chi connectivity index (χ3n) is 8.15. The van der Waals surface area contributed by atoms with Crippen molar-refractivity contribution in [3.63, 3.8) is 0 Å². The van der Waals surface area contributed by atoms with Crippen LogP contribution in [0.15, 0.2) is 36.0 Å². The Morgan fingerprint density at radius 1 is 1.11 bits per heavy atom. The average Bonchev–Trinajstić information content (AvgIpc) is 3.33. The quantitative estimate of drug-likeness (QED) is 0.496. The molecule has 2 N–H and O–H groups in total. The topological polar surface area (TPSA) is 111 Å². The van der Waals surface area contributed by atoms with Crippen LogP contribution in [0.3, 0.4) is 0 Å². The number of pyridine rings is 1. The van der Waals surface area contributed by atoms with E-state index in [1.807, 2.05) is 18.2 Å². The molecule has 3 heterocycles. The van der Waals surface area contributed by atoms with Gasteiger partial charge in [0.2, 0.25) is 5.88 Å². The van der Waals surface area contributed by atoms with Crippen LogP contribution >= 0.6 is 0 Å². The minimum absolute atomic E-state index is 0.0606. The van der Waals surface area contributed by atoms with Crippen LogP contribution in [0.2, 0.25) is 0 Å². The number of rotatable bonds is 5. The Morgan fingerprint density at radius 2 is 1.94 bits per heavy atom. The van der Waals surface area contributed by atoms with E-state index in [-0.39, 0.29) is 29.2 Å². The maximum Gasteiger partial charge on any atom is 0.217 e. The summed E-state index contributed by atoms with van der Waals surface area (Å²) >= 11 is 0. The number of carbonyl (C=O) groups is 2. The fraction of sp³-hybridized carbons (Fsp3) is 0.536. The molecular formula is C28H35N5O3. The van der Waals surface area contributed by atoms with E-state index in [0.29, 0.717) is 54.6 Å². The highest BCUT2D eigenvalue weighted by Gasteiger charge is 2.49. The van der Waals surface area contributed by atoms with Crippen LogP contribution in [-0.4, -0.2) is 57.2 Å². The zero-order valence-corrected chi connectivity index (χ0v) is 21.2. The molecule has 1 aliphatic heterocycles. The van der Waals surface area contributed by atoms with Gasteiger partial charge in [0.05, 0.1) is 22.5 Å². The molecule has 36 heavy (non-hydrogen) atoms. The minimum Gasteiger partial charge on any atom is -0.473 e. The Balaban J connectivity index is 1.53. The summed E-state index contributed by atoms with van der Waals surface area (Å²) in [5, 5.41) is 0. The van der Waals surface area contributed by atoms with Crippen LogP contribution in [-0.2, 0) is 9.59 Å². The Kier molecular flexibility index (Phi) is 6.88. The first-order valence-corrected chi connectivity index (χ1v) is 13.1. The van der Waals surface area contributed by atoms with Gasteiger partial charge in [0.15, 0.2) is 11.6 Å². The van der Waals surface area contributed by atoms with Gasteiger partial charge in [-0.25, -0.2) is 4.98 Å². The normalized spacial score (nSPS) is 27.3. The summed E-state index contributed by atoms with van der Waals surface area (Å²) in [6.07, 6.45) is 8.55. The summed E-state index contributed by atoms with van der Waals surface area (Å²) in [5.74, 6) is 0.587. The highest BCUT2D eigenvalue weighted by Crippen LogP contribution is 2.45. The zero-order chi connectivity index (χ0) is 25.3. The van der Waals surface area contributed by atoms with Gasteiger partial charge in [-0.1, -0.05) is 12.5 Å². The first kappa shape index (κ1) is 24.6. The molecule has 5 rings (SSSR count). The average molecular weight is 490 g/mol. The summed E-state index contributed by atoms with van der Waals surface area (Å²) in [5.41, 5.74) is 7.67. The number of hydrogen-bond donors (Lipinski definition) is 1. The number of ether oxygens (including phenoxy) is 1. The molecule has 1 saturated heterocycles. The molecular weight excluding hydrogens is 454 g/mol. The third kappa shape index (κ3) is 4.54. The lowest BCUT2D eigenvalue weighted by Gasteiger charge is -2.38. The van der Waals surface area contributed by atoms with Gasteiger partial charge in [-0.05, 0) is 77.6 Å². The highest BCUT2D eigenvalue weighted by molar-refractivity contribution is 6.17. The number of ketones is 2. The van der Waals surface area contributed by atoms with Crippen molar-refractivity contribution in [2.75, 3.05) is 13.6 Å². The van der Waals surface area contributed by atoms with Crippen molar-refractivity contribution in [2.24, 2.45) is 11.1 Å². The second kappa shape index (κ2) is 10.1. The molecule has 2 saturated carbocycles. The number of carbonyl (C=O) groups excluding carboxylic acids is 2. The van der Waals surface area contributed by atoms with Crippen LogP contribution in [0, 0.1) is 5.41 Å². The van der Waals surface area contributed by atoms with E-state index in [1.165, 1.54) is 0 Å². The predicted octanol–water partition coefficient (Wildman–Crippen LogP) is 3.95. The van der Waals surface area contributed by atoms with Crippen LogP contribution in [0.25, 0.3) is 17.1 Å². The second-order valence-electron chi connectivity index (χ2n) is 10.4. The number of hydrogen-bond acceptors (Lipinski definition) is 8. The Bertz CT molecular complexity index is 1180. The molecule has 0 radical (unpaired) electrons. The van der Waals surface area contributed by atoms with Gasteiger partial charge in [0.1, 0.15) is 11.9 Å². The number of nitrogens with two attached hydrogens (primary N) is 1. The molecule has 1 spiro atoms. The van der Waals surface area contributed by atoms with Gasteiger partial charge in [-0.15, -0.1) is 0 Å². The summed E-state index contributed by atoms with van der Waals surface area (Å²) < 4.78 is 6.32. The molecule has 2 aliphatic carbocycles. The number of allylic oxidation sites excluding steroid dienone is 1. The lowest BCUT2D eigenvalue weighted by atomic mass is 9.62. The van der Waals surface area contributed by atoms with Crippen molar-refractivity contribution < 1.29 is 14.3 Å². The van der Waals surface area contributed by atoms with Crippen molar-refractivity contribution >= 4 is 17.3 Å². The van der Waals surface area contributed by atoms with E-state index >= 15 is 0 Å². The van der Waals surface area contributed by atoms with Crippen LogP contribution < -0.4 is 10.5 Å². The van der Waals surface area contributed by atoms with Crippen molar-refractivity contribution in [3.8, 4) is 17.3 Å². The van der Waals surface area contributed by atoms with Gasteiger partial charge >= 0.3 is 0 Å². The molecule has 2 aromatic rings. The zero-order valence-electron chi connectivity index (χ0n) is 21.2. The van der Waals surface area contributed by atoms with E-state index in [0.717, 1.165) is 38.6 Å². The van der Waals surface area contributed by atoms with E-state index < -0.39 is 5.41 Å². The van der Waals surface area contributed by atoms with Crippen molar-refractivity contribution in [1.82, 2.24) is 19.9 Å². The number of nitrogens with zero attached hydrogens (tertiary/aromatic N) is 4. The first-order chi connectivity index (χ1) is 17.4. The van der Waals surface area contributed by atoms with Crippen molar-refractivity contribution in [3.05, 3.63) is 41.9 Å². The van der Waals surface area contributed by atoms with Crippen molar-refractivity contribution in [1.29, 1.82) is 0 Å². The number of likely N-dealkylation sites (N-methyl/N-ethyl adjacent to an activating group) is 1. The van der Waals surface area contributed by atoms with Gasteiger partial charge in [0.25, 0.3) is 0 Å². The number of likely N-dealkylation sites (tertiary alicyclic amines) is 1. The summed E-state index contributed by atoms with van der Waals surface area (Å²) in [7, 11) is 2.11. The minimum atomic E-state index is -0.921. The molecule has 2 aromatic heterocycles. The molecule has 0 bridgehead atoms. The summed E-state index contributed by atoms with van der Waals surface area (Å²) in [6, 6.07) is 7.69. The van der Waals surface area contributed by atoms with Crippen LogP contribution in [0.1, 0.15) is 70.5 Å². The molecule has 8 nitrogen and oxygen atoms in total. The van der Waals surface area contributed by atoms with Crippen LogP contribution in [0.5, 0.6) is 5.88 Å². The molecule has 0 amide bonds. The maximum atomic E-state index is 13.7. The Labute approximate surface area is 212 Å². The highest BCUT2D eigenvalue weighted by atomic mass is 16.5. The van der Waals surface area contributed by atoms with E-state index in [9.17, 15) is 9.59 Å². The first-order valence-electron chi connectivity index (χ1n) is 13.1. The van der Waals surface area contributed by atoms with E-state index in [4.69, 9.17) is 15.5 Å². The predicted molar refractivity (Wildman–Crippen MR) is 137 cm³/mol. The van der Waals surface area contributed by atoms with Crippen LogP contribution in [0.4, 0.5) is 0 Å². The Morgan fingerprint density at radius 3 is 2.67 bits per heavy atom. The summed E-state index contributed by atoms with van der Waals surface area (Å²) in [6.45, 7) is 3.10. The van der Waals surface area contributed by atoms with Gasteiger partial charge in [-0.3, -0.25) is 19.5 Å². The monoisotopic (exact) mass is 489 g/mol. The SMILES string of the molecule is C[C@H](Oc1cc(-c2ccccn2)nc(C(N)=C2CCC[C@@]3(CCCCC3=O)C2=O)n1)[C@@H]1CCCN1C. The fourth-order valence-electron chi connectivity index (χ4n) is 6.12. The largest absolute Gasteiger partial charge is 0.473 e. The standard InChI is InChI=1S/C28H35N5O3/c1-18(22-11-8-16-33(22)2)36-24-17-21(20-10-4-6-15-30-20)31-27(32-24)25(29)19-9-7-14-28(26(19)35)13-5-3-12-23(28)34/h4,6,10,15,17-18,22H,3,5,7-9,11-14,16,29H2,1-2H3/t18-,22-,28+/m0/s1. The molecule has 190 valence electrons. The van der Waals surface area contributed by atoms with Gasteiger partial charge in [-0.2, -0.15) is 4.98 Å². The van der Waals surface area contributed by atoms with Crippen molar-refractivity contribution in [2.45, 2.75) is 76.9 Å². The summed E-state index contributed by atoms with van der Waals surface area (Å²) in [4.78, 5) is 42.7. The molecule has 3 fully saturated rings.